The number of carbonyl (C=O) groups excluding carboxylic acids is 1. The van der Waals surface area contributed by atoms with Crippen molar-refractivity contribution in [3.05, 3.63) is 18.0 Å². The molecule has 1 aromatic rings. The van der Waals surface area contributed by atoms with E-state index >= 15 is 0 Å². The monoisotopic (exact) mass is 330 g/mol. The van der Waals surface area contributed by atoms with Gasteiger partial charge in [-0.25, -0.2) is 0 Å². The minimum Gasteiger partial charge on any atom is -0.342 e. The highest BCUT2D eigenvalue weighted by Crippen LogP contribution is 2.30. The molecule has 2 aliphatic rings. The number of alkyl halides is 3. The van der Waals surface area contributed by atoms with Crippen LogP contribution in [-0.2, 0) is 11.0 Å². The molecule has 3 rings (SSSR count). The molecule has 0 saturated carbocycles. The molecule has 1 N–H and O–H groups in total. The lowest BCUT2D eigenvalue weighted by Gasteiger charge is -2.35. The molecule has 5 nitrogen and oxygen atoms in total. The standard InChI is InChI=1S/C15H21F3N4O/c16-15(17,18)13-5-10-22(20-13)12-3-8-21(9-4-12)14(23)11-1-6-19-7-2-11/h5,10-12,19H,1-4,6-9H2. The molecule has 0 spiro atoms. The highest BCUT2D eigenvalue weighted by atomic mass is 19.4. The molecule has 2 aliphatic heterocycles. The van der Waals surface area contributed by atoms with Crippen molar-refractivity contribution in [2.45, 2.75) is 37.9 Å². The summed E-state index contributed by atoms with van der Waals surface area (Å²) in [5.41, 5.74) is -0.856. The summed E-state index contributed by atoms with van der Waals surface area (Å²) in [4.78, 5) is 14.3. The highest BCUT2D eigenvalue weighted by molar-refractivity contribution is 5.79. The molecular formula is C15H21F3N4O. The van der Waals surface area contributed by atoms with E-state index in [0.29, 0.717) is 25.9 Å². The van der Waals surface area contributed by atoms with Gasteiger partial charge in [0.05, 0.1) is 6.04 Å². The Morgan fingerprint density at radius 1 is 1.17 bits per heavy atom. The van der Waals surface area contributed by atoms with Crippen molar-refractivity contribution >= 4 is 5.91 Å². The third-order valence-electron chi connectivity index (χ3n) is 4.74. The van der Waals surface area contributed by atoms with Crippen molar-refractivity contribution in [2.75, 3.05) is 26.2 Å². The van der Waals surface area contributed by atoms with Gasteiger partial charge < -0.3 is 10.2 Å². The van der Waals surface area contributed by atoms with Crippen molar-refractivity contribution in [2.24, 2.45) is 5.92 Å². The molecule has 0 unspecified atom stereocenters. The first kappa shape index (κ1) is 16.3. The zero-order valence-corrected chi connectivity index (χ0v) is 12.9. The number of likely N-dealkylation sites (tertiary alicyclic amines) is 1. The maximum absolute atomic E-state index is 12.6. The summed E-state index contributed by atoms with van der Waals surface area (Å²) in [6.45, 7) is 2.93. The Bertz CT molecular complexity index is 543. The number of halogens is 3. The van der Waals surface area contributed by atoms with E-state index in [1.54, 1.807) is 0 Å². The summed E-state index contributed by atoms with van der Waals surface area (Å²) in [6, 6.07) is 0.940. The second-order valence-corrected chi connectivity index (χ2v) is 6.26. The highest BCUT2D eigenvalue weighted by Gasteiger charge is 2.35. The fraction of sp³-hybridized carbons (Fsp3) is 0.733. The van der Waals surface area contributed by atoms with E-state index in [1.165, 1.54) is 10.9 Å². The Kier molecular flexibility index (Phi) is 4.61. The Morgan fingerprint density at radius 3 is 2.39 bits per heavy atom. The minimum atomic E-state index is -4.41. The first-order valence-electron chi connectivity index (χ1n) is 8.07. The summed E-state index contributed by atoms with van der Waals surface area (Å²) in [6.07, 6.45) is 0.0137. The van der Waals surface area contributed by atoms with E-state index < -0.39 is 11.9 Å². The van der Waals surface area contributed by atoms with Gasteiger partial charge >= 0.3 is 6.18 Å². The molecule has 0 bridgehead atoms. The molecule has 128 valence electrons. The second-order valence-electron chi connectivity index (χ2n) is 6.26. The van der Waals surface area contributed by atoms with Crippen LogP contribution >= 0.6 is 0 Å². The van der Waals surface area contributed by atoms with Gasteiger partial charge in [-0.3, -0.25) is 9.48 Å². The molecule has 0 atom stereocenters. The van der Waals surface area contributed by atoms with Gasteiger partial charge in [-0.2, -0.15) is 18.3 Å². The van der Waals surface area contributed by atoms with Gasteiger partial charge in [0, 0.05) is 25.2 Å². The lowest BCUT2D eigenvalue weighted by molar-refractivity contribution is -0.141. The summed E-state index contributed by atoms with van der Waals surface area (Å²) in [5, 5.41) is 6.89. The molecule has 0 radical (unpaired) electrons. The Balaban J connectivity index is 1.55. The number of amides is 1. The molecule has 2 saturated heterocycles. The molecule has 3 heterocycles. The number of hydrogen-bond donors (Lipinski definition) is 1. The summed E-state index contributed by atoms with van der Waals surface area (Å²) < 4.78 is 39.2. The van der Waals surface area contributed by atoms with Crippen LogP contribution in [-0.4, -0.2) is 46.8 Å². The third kappa shape index (κ3) is 3.68. The Hall–Kier alpha value is -1.57. The fourth-order valence-electron chi connectivity index (χ4n) is 3.37. The van der Waals surface area contributed by atoms with Crippen LogP contribution in [0, 0.1) is 5.92 Å². The van der Waals surface area contributed by atoms with E-state index in [9.17, 15) is 18.0 Å². The van der Waals surface area contributed by atoms with Crippen LogP contribution in [0.4, 0.5) is 13.2 Å². The quantitative estimate of drug-likeness (QED) is 0.903. The van der Waals surface area contributed by atoms with Crippen molar-refractivity contribution in [1.29, 1.82) is 0 Å². The van der Waals surface area contributed by atoms with Gasteiger partial charge in [-0.15, -0.1) is 0 Å². The zero-order chi connectivity index (χ0) is 16.4. The van der Waals surface area contributed by atoms with Gasteiger partial charge in [0.1, 0.15) is 0 Å². The molecular weight excluding hydrogens is 309 g/mol. The van der Waals surface area contributed by atoms with Gasteiger partial charge in [0.15, 0.2) is 5.69 Å². The van der Waals surface area contributed by atoms with Crippen LogP contribution in [0.1, 0.15) is 37.4 Å². The van der Waals surface area contributed by atoms with Crippen LogP contribution in [0.5, 0.6) is 0 Å². The fourth-order valence-corrected chi connectivity index (χ4v) is 3.37. The maximum atomic E-state index is 12.6. The number of carbonyl (C=O) groups is 1. The van der Waals surface area contributed by atoms with E-state index in [1.807, 2.05) is 4.90 Å². The van der Waals surface area contributed by atoms with Crippen LogP contribution in [0.3, 0.4) is 0 Å². The van der Waals surface area contributed by atoms with Crippen LogP contribution in [0.15, 0.2) is 12.3 Å². The molecule has 23 heavy (non-hydrogen) atoms. The Morgan fingerprint density at radius 2 is 1.83 bits per heavy atom. The first-order chi connectivity index (χ1) is 10.9. The second kappa shape index (κ2) is 6.51. The van der Waals surface area contributed by atoms with Crippen molar-refractivity contribution in [1.82, 2.24) is 20.0 Å². The topological polar surface area (TPSA) is 50.2 Å². The predicted molar refractivity (Wildman–Crippen MR) is 77.7 cm³/mol. The lowest BCUT2D eigenvalue weighted by atomic mass is 9.95. The summed E-state index contributed by atoms with van der Waals surface area (Å²) in [5.74, 6) is 0.288. The smallest absolute Gasteiger partial charge is 0.342 e. The molecule has 2 fully saturated rings. The van der Waals surface area contributed by atoms with E-state index in [0.717, 1.165) is 32.0 Å². The number of hydrogen-bond acceptors (Lipinski definition) is 3. The molecule has 1 aromatic heterocycles. The predicted octanol–water partition coefficient (Wildman–Crippen LogP) is 2.06. The molecule has 0 aromatic carbocycles. The van der Waals surface area contributed by atoms with E-state index in [2.05, 4.69) is 10.4 Å². The number of aromatic nitrogens is 2. The average Bonchev–Trinajstić information content (AvgIpc) is 3.05. The number of nitrogens with zero attached hydrogens (tertiary/aromatic N) is 3. The van der Waals surface area contributed by atoms with E-state index in [-0.39, 0.29) is 17.9 Å². The Labute approximate surface area is 132 Å². The molecule has 0 aliphatic carbocycles. The number of rotatable bonds is 2. The molecule has 1 amide bonds. The van der Waals surface area contributed by atoms with E-state index in [4.69, 9.17) is 0 Å². The van der Waals surface area contributed by atoms with Crippen LogP contribution in [0.2, 0.25) is 0 Å². The third-order valence-corrected chi connectivity index (χ3v) is 4.74. The minimum absolute atomic E-state index is 0.0665. The number of nitrogens with one attached hydrogen (secondary N) is 1. The van der Waals surface area contributed by atoms with Crippen LogP contribution in [0.25, 0.3) is 0 Å². The average molecular weight is 330 g/mol. The van der Waals surface area contributed by atoms with Gasteiger partial charge in [0.25, 0.3) is 0 Å². The van der Waals surface area contributed by atoms with Gasteiger partial charge in [0.2, 0.25) is 5.91 Å². The summed E-state index contributed by atoms with van der Waals surface area (Å²) >= 11 is 0. The lowest BCUT2D eigenvalue weighted by Crippen LogP contribution is -2.44. The largest absolute Gasteiger partial charge is 0.435 e. The van der Waals surface area contributed by atoms with Crippen molar-refractivity contribution in [3.8, 4) is 0 Å². The van der Waals surface area contributed by atoms with Crippen molar-refractivity contribution < 1.29 is 18.0 Å². The maximum Gasteiger partial charge on any atom is 0.435 e. The first-order valence-corrected chi connectivity index (χ1v) is 8.07. The van der Waals surface area contributed by atoms with Crippen molar-refractivity contribution in [3.63, 3.8) is 0 Å². The normalized spacial score (nSPS) is 21.6. The molecule has 8 heteroatoms. The SMILES string of the molecule is O=C(C1CCNCC1)N1CCC(n2ccc(C(F)(F)F)n2)CC1. The zero-order valence-electron chi connectivity index (χ0n) is 12.9. The van der Waals surface area contributed by atoms with Gasteiger partial charge in [-0.1, -0.05) is 0 Å². The van der Waals surface area contributed by atoms with Crippen LogP contribution < -0.4 is 5.32 Å². The number of piperidine rings is 2. The summed E-state index contributed by atoms with van der Waals surface area (Å²) in [7, 11) is 0. The van der Waals surface area contributed by atoms with Gasteiger partial charge in [-0.05, 0) is 44.8 Å².